The third kappa shape index (κ3) is 24.5. The SMILES string of the molecule is C=CC.C=C[Si]1(C)O[Si](C)(C=C)O[Si](C)(C=C)O[Si](C)(C=C)O1.CBr.CC.CC.CC.CCI.c1ccc2ccccc2c1.c1ccc2ccccc2c1. The number of allylic oxidation sites excluding steroid dienone is 1. The van der Waals surface area contributed by atoms with Gasteiger partial charge in [0.1, 0.15) is 0 Å². The van der Waals surface area contributed by atoms with Gasteiger partial charge in [0.2, 0.25) is 0 Å². The van der Waals surface area contributed by atoms with Crippen molar-refractivity contribution < 1.29 is 16.5 Å². The molecule has 0 spiro atoms. The van der Waals surface area contributed by atoms with Crippen LogP contribution in [0.4, 0.5) is 0 Å². The first kappa shape index (κ1) is 58.7. The average molecular weight is 984 g/mol. The maximum Gasteiger partial charge on any atom is 0.344 e. The van der Waals surface area contributed by atoms with E-state index in [1.807, 2.05) is 80.5 Å². The zero-order valence-electron chi connectivity index (χ0n) is 35.8. The first-order valence-corrected chi connectivity index (χ1v) is 31.3. The summed E-state index contributed by atoms with van der Waals surface area (Å²) in [5.74, 6) is 1.81. The van der Waals surface area contributed by atoms with Gasteiger partial charge in [0.25, 0.3) is 0 Å². The second-order valence-electron chi connectivity index (χ2n) is 10.7. The van der Waals surface area contributed by atoms with E-state index in [2.05, 4.69) is 175 Å². The highest BCUT2D eigenvalue weighted by atomic mass is 127. The summed E-state index contributed by atoms with van der Waals surface area (Å²) in [7, 11) is -10.4. The van der Waals surface area contributed by atoms with Crippen molar-refractivity contribution in [1.29, 1.82) is 0 Å². The van der Waals surface area contributed by atoms with Gasteiger partial charge >= 0.3 is 34.2 Å². The second kappa shape index (κ2) is 35.4. The molecule has 0 unspecified atom stereocenters. The third-order valence-corrected chi connectivity index (χ3v) is 22.4. The minimum Gasteiger partial charge on any atom is -0.410 e. The van der Waals surface area contributed by atoms with Crippen molar-refractivity contribution in [1.82, 2.24) is 0 Å². The molecule has 0 amide bonds. The molecule has 1 saturated heterocycles. The van der Waals surface area contributed by atoms with Gasteiger partial charge in [-0.1, -0.05) is 213 Å². The Bertz CT molecular complexity index is 1260. The Kier molecular flexibility index (Phi) is 38.5. The van der Waals surface area contributed by atoms with E-state index in [1.165, 1.54) is 26.0 Å². The van der Waals surface area contributed by atoms with E-state index in [9.17, 15) is 0 Å². The average Bonchev–Trinajstić information content (AvgIpc) is 3.21. The highest BCUT2D eigenvalue weighted by Crippen LogP contribution is 2.32. The summed E-state index contributed by atoms with van der Waals surface area (Å²) in [6.45, 7) is 42.5. The normalized spacial score (nSPS) is 21.7. The fourth-order valence-corrected chi connectivity index (χ4v) is 22.0. The Balaban J connectivity index is -0.000000311. The summed E-state index contributed by atoms with van der Waals surface area (Å²) in [5, 5.41) is 5.24. The largest absolute Gasteiger partial charge is 0.410 e. The number of benzene rings is 4. The van der Waals surface area contributed by atoms with Crippen molar-refractivity contribution in [2.45, 2.75) is 81.6 Å². The number of hydrogen-bond acceptors (Lipinski definition) is 4. The number of hydrogen-bond donors (Lipinski definition) is 0. The van der Waals surface area contributed by atoms with Gasteiger partial charge in [-0.25, -0.2) is 0 Å². The van der Waals surface area contributed by atoms with Crippen LogP contribution in [0.25, 0.3) is 21.5 Å². The van der Waals surface area contributed by atoms with Crippen LogP contribution in [0.3, 0.4) is 0 Å². The number of rotatable bonds is 4. The number of fused-ring (bicyclic) bond motifs is 2. The monoisotopic (exact) mass is 982 g/mol. The molecule has 0 radical (unpaired) electrons. The molecule has 1 heterocycles. The zero-order valence-corrected chi connectivity index (χ0v) is 43.5. The Labute approximate surface area is 358 Å². The molecule has 0 bridgehead atoms. The smallest absolute Gasteiger partial charge is 0.344 e. The lowest BCUT2D eigenvalue weighted by molar-refractivity contribution is 0.250. The Morgan fingerprint density at radius 1 is 0.463 bits per heavy atom. The van der Waals surface area contributed by atoms with Crippen LogP contribution in [0.2, 0.25) is 26.2 Å². The molecule has 0 aliphatic carbocycles. The van der Waals surface area contributed by atoms with E-state index in [4.69, 9.17) is 16.5 Å². The van der Waals surface area contributed by atoms with Crippen LogP contribution in [0.15, 0.2) is 159 Å². The lowest BCUT2D eigenvalue weighted by Crippen LogP contribution is -2.65. The van der Waals surface area contributed by atoms with Crippen molar-refractivity contribution in [3.8, 4) is 0 Å². The second-order valence-corrected chi connectivity index (χ2v) is 25.2. The first-order chi connectivity index (χ1) is 25.8. The maximum absolute atomic E-state index is 6.25. The number of halogens is 2. The molecular weight excluding hydrogens is 912 g/mol. The lowest BCUT2D eigenvalue weighted by Gasteiger charge is -2.46. The fourth-order valence-electron chi connectivity index (χ4n) is 4.29. The highest BCUT2D eigenvalue weighted by molar-refractivity contribution is 14.1. The molecule has 1 aliphatic rings. The van der Waals surface area contributed by atoms with Crippen molar-refractivity contribution in [2.75, 3.05) is 10.3 Å². The lowest BCUT2D eigenvalue weighted by atomic mass is 10.1. The predicted molar refractivity (Wildman–Crippen MR) is 269 cm³/mol. The molecule has 1 aliphatic heterocycles. The molecule has 0 N–H and O–H groups in total. The minimum atomic E-state index is -2.60. The van der Waals surface area contributed by atoms with E-state index in [1.54, 1.807) is 28.9 Å². The molecule has 302 valence electrons. The van der Waals surface area contributed by atoms with Crippen molar-refractivity contribution in [3.63, 3.8) is 0 Å². The molecule has 10 heteroatoms. The van der Waals surface area contributed by atoms with Crippen LogP contribution < -0.4 is 0 Å². The Hall–Kier alpha value is -1.98. The fraction of sp³-hybridized carbons (Fsp3) is 0.318. The molecule has 4 aromatic carbocycles. The van der Waals surface area contributed by atoms with E-state index < -0.39 is 34.2 Å². The molecule has 4 aromatic rings. The summed E-state index contributed by atoms with van der Waals surface area (Å²) in [6.07, 6.45) is 1.75. The topological polar surface area (TPSA) is 36.9 Å². The molecule has 54 heavy (non-hydrogen) atoms. The molecule has 1 fully saturated rings. The Morgan fingerprint density at radius 3 is 0.667 bits per heavy atom. The van der Waals surface area contributed by atoms with Crippen LogP contribution in [0, 0.1) is 0 Å². The summed E-state index contributed by atoms with van der Waals surface area (Å²) < 4.78 is 26.2. The molecule has 4 nitrogen and oxygen atoms in total. The van der Waals surface area contributed by atoms with Crippen molar-refractivity contribution >= 4 is 94.3 Å². The molecule has 0 atom stereocenters. The summed E-state index contributed by atoms with van der Waals surface area (Å²) >= 11 is 5.23. The van der Waals surface area contributed by atoms with Crippen LogP contribution in [-0.4, -0.2) is 44.5 Å². The maximum atomic E-state index is 6.25. The van der Waals surface area contributed by atoms with Gasteiger partial charge in [0, 0.05) is 0 Å². The van der Waals surface area contributed by atoms with E-state index in [-0.39, 0.29) is 0 Å². The molecule has 0 saturated carbocycles. The van der Waals surface area contributed by atoms with Gasteiger partial charge in [-0.15, -0.1) is 32.9 Å². The third-order valence-electron chi connectivity index (χ3n) is 6.42. The van der Waals surface area contributed by atoms with Crippen LogP contribution >= 0.6 is 38.5 Å². The number of alkyl halides is 2. The molecule has 5 rings (SSSR count). The van der Waals surface area contributed by atoms with Crippen LogP contribution in [0.5, 0.6) is 0 Å². The van der Waals surface area contributed by atoms with Crippen LogP contribution in [0.1, 0.15) is 55.4 Å². The molecule has 0 aromatic heterocycles. The van der Waals surface area contributed by atoms with Gasteiger partial charge < -0.3 is 16.5 Å². The Morgan fingerprint density at radius 2 is 0.574 bits per heavy atom. The predicted octanol–water partition coefficient (Wildman–Crippen LogP) is 15.7. The minimum absolute atomic E-state index is 1.22. The quantitative estimate of drug-likeness (QED) is 0.0884. The van der Waals surface area contributed by atoms with E-state index >= 15 is 0 Å². The van der Waals surface area contributed by atoms with Crippen molar-refractivity contribution in [2.24, 2.45) is 0 Å². The van der Waals surface area contributed by atoms with E-state index in [0.29, 0.717) is 0 Å². The van der Waals surface area contributed by atoms with Gasteiger partial charge in [-0.3, -0.25) is 0 Å². The first-order valence-electron chi connectivity index (χ1n) is 18.6. The highest BCUT2D eigenvalue weighted by Gasteiger charge is 2.53. The summed E-state index contributed by atoms with van der Waals surface area (Å²) in [4.78, 5) is 0. The van der Waals surface area contributed by atoms with Gasteiger partial charge in [-0.2, -0.15) is 0 Å². The summed E-state index contributed by atoms with van der Waals surface area (Å²) in [5.41, 5.74) is 7.01. The van der Waals surface area contributed by atoms with Crippen LogP contribution in [-0.2, 0) is 16.5 Å². The van der Waals surface area contributed by atoms with Crippen molar-refractivity contribution in [3.05, 3.63) is 159 Å². The van der Waals surface area contributed by atoms with E-state index in [0.717, 1.165) is 0 Å². The van der Waals surface area contributed by atoms with Gasteiger partial charge in [0.15, 0.2) is 0 Å². The van der Waals surface area contributed by atoms with Gasteiger partial charge in [-0.05, 0) is 64.9 Å². The summed E-state index contributed by atoms with van der Waals surface area (Å²) in [6, 6.07) is 33.4. The molecular formula is C44H72BrIO4Si4. The standard InChI is InChI=1S/C12H24O4Si4.2C10H8.C3H6.C2H5I.3C2H6.CH3Br/c1-9-17(5)13-18(6,10-2)15-20(8,12-4)16-19(7,11-3)14-17;2*1-2-6-10-8-4-3-7-9(10)5-1;1-3-2;1-2-3;4*1-2/h9-12H,1-4H2,5-8H3;2*1-8H;3H,1H2,2H3;2H2,1H3;3*1-2H3;1H3. The van der Waals surface area contributed by atoms with Gasteiger partial charge in [0.05, 0.1) is 0 Å². The zero-order chi connectivity index (χ0) is 42.7.